The first-order valence-electron chi connectivity index (χ1n) is 8.80. The molecular weight excluding hydrogens is 362 g/mol. The Morgan fingerprint density at radius 1 is 1.26 bits per heavy atom. The highest BCUT2D eigenvalue weighted by molar-refractivity contribution is 7.99. The van der Waals surface area contributed by atoms with Crippen LogP contribution in [0, 0.1) is 13.8 Å². The van der Waals surface area contributed by atoms with Crippen LogP contribution < -0.4 is 10.7 Å². The largest absolute Gasteiger partial charge is 0.334 e. The molecule has 0 fully saturated rings. The third kappa shape index (κ3) is 3.30. The van der Waals surface area contributed by atoms with Crippen molar-refractivity contribution in [1.29, 1.82) is 0 Å². The normalized spacial score (nSPS) is 13.6. The SMILES string of the molecule is Cc1cc(C)n(-c2nnc(SCC(=O)N3CCCc4ccccc43)n2N)n1. The number of benzene rings is 1. The zero-order valence-corrected chi connectivity index (χ0v) is 16.1. The smallest absolute Gasteiger partial charge is 0.271 e. The van der Waals surface area contributed by atoms with Crippen molar-refractivity contribution >= 4 is 23.4 Å². The van der Waals surface area contributed by atoms with Crippen LogP contribution in [-0.4, -0.2) is 42.9 Å². The Bertz CT molecular complexity index is 994. The number of carbonyl (C=O) groups is 1. The quantitative estimate of drug-likeness (QED) is 0.546. The van der Waals surface area contributed by atoms with Gasteiger partial charge in [-0.2, -0.15) is 5.10 Å². The average molecular weight is 383 g/mol. The monoisotopic (exact) mass is 383 g/mol. The van der Waals surface area contributed by atoms with Crippen molar-refractivity contribution in [3.05, 3.63) is 47.3 Å². The second-order valence-electron chi connectivity index (χ2n) is 6.56. The summed E-state index contributed by atoms with van der Waals surface area (Å²) in [4.78, 5) is 14.6. The maximum Gasteiger partial charge on any atom is 0.271 e. The van der Waals surface area contributed by atoms with Gasteiger partial charge in [-0.05, 0) is 44.4 Å². The van der Waals surface area contributed by atoms with Crippen LogP contribution in [0.3, 0.4) is 0 Å². The van der Waals surface area contributed by atoms with Crippen LogP contribution in [0.25, 0.3) is 5.95 Å². The summed E-state index contributed by atoms with van der Waals surface area (Å²) in [5.41, 5.74) is 4.02. The van der Waals surface area contributed by atoms with E-state index < -0.39 is 0 Å². The lowest BCUT2D eigenvalue weighted by atomic mass is 10.0. The van der Waals surface area contributed by atoms with E-state index in [0.29, 0.717) is 11.1 Å². The third-order valence-electron chi connectivity index (χ3n) is 4.58. The van der Waals surface area contributed by atoms with Crippen LogP contribution in [0.4, 0.5) is 5.69 Å². The van der Waals surface area contributed by atoms with Gasteiger partial charge in [-0.1, -0.05) is 30.0 Å². The Morgan fingerprint density at radius 3 is 2.85 bits per heavy atom. The number of hydrogen-bond acceptors (Lipinski definition) is 6. The number of rotatable bonds is 4. The highest BCUT2D eigenvalue weighted by atomic mass is 32.2. The number of aryl methyl sites for hydroxylation is 3. The standard InChI is InChI=1S/C18H21N7OS/c1-12-10-13(2)25(22-12)17-20-21-18(24(17)19)27-11-16(26)23-9-5-7-14-6-3-4-8-15(14)23/h3-4,6,8,10H,5,7,9,11,19H2,1-2H3. The van der Waals surface area contributed by atoms with Gasteiger partial charge in [0, 0.05) is 17.9 Å². The second-order valence-corrected chi connectivity index (χ2v) is 7.50. The van der Waals surface area contributed by atoms with E-state index in [-0.39, 0.29) is 11.7 Å². The average Bonchev–Trinajstić information content (AvgIpc) is 3.20. The first-order valence-corrected chi connectivity index (χ1v) is 9.78. The fourth-order valence-electron chi connectivity index (χ4n) is 3.34. The topological polar surface area (TPSA) is 94.9 Å². The van der Waals surface area contributed by atoms with E-state index in [0.717, 1.165) is 36.5 Å². The molecule has 0 unspecified atom stereocenters. The molecule has 0 radical (unpaired) electrons. The fourth-order valence-corrected chi connectivity index (χ4v) is 4.07. The van der Waals surface area contributed by atoms with Crippen LogP contribution in [0.1, 0.15) is 23.4 Å². The molecule has 4 rings (SSSR count). The molecule has 3 aromatic rings. The van der Waals surface area contributed by atoms with E-state index in [1.54, 1.807) is 4.68 Å². The number of thioether (sulfide) groups is 1. The maximum atomic E-state index is 12.8. The fraction of sp³-hybridized carbons (Fsp3) is 0.333. The number of hydrogen-bond donors (Lipinski definition) is 1. The Hall–Kier alpha value is -2.81. The zero-order chi connectivity index (χ0) is 19.0. The minimum absolute atomic E-state index is 0.0443. The molecule has 1 aliphatic rings. The molecule has 27 heavy (non-hydrogen) atoms. The molecule has 2 aromatic heterocycles. The lowest BCUT2D eigenvalue weighted by Crippen LogP contribution is -2.36. The predicted octanol–water partition coefficient (Wildman–Crippen LogP) is 1.87. The number of fused-ring (bicyclic) bond motifs is 1. The van der Waals surface area contributed by atoms with Gasteiger partial charge in [0.15, 0.2) is 0 Å². The summed E-state index contributed by atoms with van der Waals surface area (Å²) in [7, 11) is 0. The Morgan fingerprint density at radius 2 is 2.07 bits per heavy atom. The number of amides is 1. The Labute approximate surface area is 161 Å². The summed E-state index contributed by atoms with van der Waals surface area (Å²) in [5.74, 6) is 6.86. The highest BCUT2D eigenvalue weighted by Crippen LogP contribution is 2.28. The summed E-state index contributed by atoms with van der Waals surface area (Å²) >= 11 is 1.28. The molecular formula is C18H21N7OS. The predicted molar refractivity (Wildman–Crippen MR) is 105 cm³/mol. The van der Waals surface area contributed by atoms with E-state index >= 15 is 0 Å². The number of para-hydroxylation sites is 1. The van der Waals surface area contributed by atoms with Gasteiger partial charge in [-0.15, -0.1) is 10.2 Å². The van der Waals surface area contributed by atoms with E-state index in [2.05, 4.69) is 21.4 Å². The van der Waals surface area contributed by atoms with Crippen LogP contribution in [0.2, 0.25) is 0 Å². The summed E-state index contributed by atoms with van der Waals surface area (Å²) in [5, 5.41) is 13.1. The van der Waals surface area contributed by atoms with Gasteiger partial charge >= 0.3 is 0 Å². The highest BCUT2D eigenvalue weighted by Gasteiger charge is 2.23. The molecule has 2 N–H and O–H groups in total. The van der Waals surface area contributed by atoms with Gasteiger partial charge in [-0.25, -0.2) is 9.36 Å². The van der Waals surface area contributed by atoms with Gasteiger partial charge in [-0.3, -0.25) is 4.79 Å². The number of carbonyl (C=O) groups excluding carboxylic acids is 1. The lowest BCUT2D eigenvalue weighted by molar-refractivity contribution is -0.116. The van der Waals surface area contributed by atoms with Crippen LogP contribution >= 0.6 is 11.8 Å². The van der Waals surface area contributed by atoms with Crippen LogP contribution in [-0.2, 0) is 11.2 Å². The van der Waals surface area contributed by atoms with Crippen molar-refractivity contribution in [3.63, 3.8) is 0 Å². The molecule has 0 atom stereocenters. The molecule has 140 valence electrons. The third-order valence-corrected chi connectivity index (χ3v) is 5.51. The lowest BCUT2D eigenvalue weighted by Gasteiger charge is -2.29. The van der Waals surface area contributed by atoms with Crippen molar-refractivity contribution in [2.45, 2.75) is 31.8 Å². The van der Waals surface area contributed by atoms with E-state index in [9.17, 15) is 4.79 Å². The van der Waals surface area contributed by atoms with Crippen LogP contribution in [0.5, 0.6) is 0 Å². The van der Waals surface area contributed by atoms with Crippen molar-refractivity contribution in [1.82, 2.24) is 24.7 Å². The second kappa shape index (κ2) is 7.07. The zero-order valence-electron chi connectivity index (χ0n) is 15.3. The van der Waals surface area contributed by atoms with Gasteiger partial charge in [0.1, 0.15) is 0 Å². The minimum Gasteiger partial charge on any atom is -0.334 e. The first kappa shape index (κ1) is 17.6. The maximum absolute atomic E-state index is 12.8. The van der Waals surface area contributed by atoms with Gasteiger partial charge in [0.25, 0.3) is 5.95 Å². The van der Waals surface area contributed by atoms with Crippen molar-refractivity contribution in [2.24, 2.45) is 0 Å². The minimum atomic E-state index is 0.0443. The molecule has 0 spiro atoms. The number of anilines is 1. The van der Waals surface area contributed by atoms with Gasteiger partial charge in [0.05, 0.1) is 11.4 Å². The Balaban J connectivity index is 1.49. The number of aromatic nitrogens is 5. The summed E-state index contributed by atoms with van der Waals surface area (Å²) < 4.78 is 3.02. The molecule has 0 saturated heterocycles. The summed E-state index contributed by atoms with van der Waals surface area (Å²) in [6.07, 6.45) is 1.98. The van der Waals surface area contributed by atoms with E-state index in [1.165, 1.54) is 22.0 Å². The molecule has 0 saturated carbocycles. The van der Waals surface area contributed by atoms with Crippen molar-refractivity contribution < 1.29 is 4.79 Å². The van der Waals surface area contributed by atoms with Gasteiger partial charge < -0.3 is 10.7 Å². The van der Waals surface area contributed by atoms with E-state index in [1.807, 2.05) is 43.0 Å². The molecule has 0 aliphatic carbocycles. The molecule has 0 bridgehead atoms. The molecule has 1 amide bonds. The number of nitrogens with zero attached hydrogens (tertiary/aromatic N) is 6. The number of nitrogens with two attached hydrogens (primary N) is 1. The molecule has 8 nitrogen and oxygen atoms in total. The molecule has 1 aliphatic heterocycles. The molecule has 9 heteroatoms. The Kier molecular flexibility index (Phi) is 4.61. The van der Waals surface area contributed by atoms with Crippen molar-refractivity contribution in [3.8, 4) is 5.95 Å². The summed E-state index contributed by atoms with van der Waals surface area (Å²) in [6.45, 7) is 4.58. The first-order chi connectivity index (χ1) is 13.0. The summed E-state index contributed by atoms with van der Waals surface area (Å²) in [6, 6.07) is 10.0. The van der Waals surface area contributed by atoms with Crippen LogP contribution in [0.15, 0.2) is 35.5 Å². The molecule has 3 heterocycles. The number of nitrogen functional groups attached to an aromatic ring is 1. The van der Waals surface area contributed by atoms with Crippen molar-refractivity contribution in [2.75, 3.05) is 23.0 Å². The van der Waals surface area contributed by atoms with Gasteiger partial charge in [0.2, 0.25) is 11.1 Å². The van der Waals surface area contributed by atoms with E-state index in [4.69, 9.17) is 5.84 Å². The molecule has 1 aromatic carbocycles.